The smallest absolute Gasteiger partial charge is 0.254 e. The second-order valence-electron chi connectivity index (χ2n) is 13.8. The van der Waals surface area contributed by atoms with Gasteiger partial charge in [0.25, 0.3) is 5.91 Å². The summed E-state index contributed by atoms with van der Waals surface area (Å²) in [5, 5.41) is 5.93. The molecule has 264 valence electrons. The summed E-state index contributed by atoms with van der Waals surface area (Å²) in [7, 11) is -3.57. The highest BCUT2D eigenvalue weighted by molar-refractivity contribution is 7.92. The number of likely N-dealkylation sites (tertiary alicyclic amines) is 2. The fourth-order valence-corrected chi connectivity index (χ4v) is 8.26. The molecule has 13 heteroatoms. The average molecular weight is 710 g/mol. The SMILES string of the molecule is CC(C)Oc1cc2c(cc1Nc1ncc(Cl)c(Nc3ccccc3S(=O)(=O)C(C)C)n1)C(=O)N(CCN1CCC(N3CCCCC3)CC1)C2. The zero-order valence-electron chi connectivity index (χ0n) is 28.9. The number of hydrogen-bond donors (Lipinski definition) is 2. The van der Waals surface area contributed by atoms with Crippen molar-refractivity contribution in [1.82, 2.24) is 24.7 Å². The van der Waals surface area contributed by atoms with Gasteiger partial charge in [0.2, 0.25) is 5.95 Å². The van der Waals surface area contributed by atoms with Crippen molar-refractivity contribution in [2.75, 3.05) is 49.9 Å². The monoisotopic (exact) mass is 709 g/mol. The van der Waals surface area contributed by atoms with Gasteiger partial charge in [-0.2, -0.15) is 4.98 Å². The van der Waals surface area contributed by atoms with E-state index >= 15 is 0 Å². The van der Waals surface area contributed by atoms with Gasteiger partial charge in [-0.1, -0.05) is 30.2 Å². The highest BCUT2D eigenvalue weighted by Crippen LogP contribution is 2.37. The molecule has 11 nitrogen and oxygen atoms in total. The van der Waals surface area contributed by atoms with Crippen LogP contribution < -0.4 is 15.4 Å². The first-order chi connectivity index (χ1) is 23.5. The number of sulfone groups is 1. The number of piperidine rings is 2. The van der Waals surface area contributed by atoms with E-state index in [0.29, 0.717) is 41.8 Å². The van der Waals surface area contributed by atoms with Gasteiger partial charge in [0, 0.05) is 31.2 Å². The minimum atomic E-state index is -3.57. The zero-order chi connectivity index (χ0) is 34.7. The molecule has 3 aliphatic heterocycles. The van der Waals surface area contributed by atoms with Gasteiger partial charge < -0.3 is 30.1 Å². The fraction of sp³-hybridized carbons (Fsp3) is 0.528. The molecule has 2 saturated heterocycles. The van der Waals surface area contributed by atoms with E-state index in [2.05, 4.69) is 30.4 Å². The lowest BCUT2D eigenvalue weighted by molar-refractivity contribution is 0.0697. The molecular formula is C36H48ClN7O4S. The number of para-hydroxylation sites is 1. The molecule has 3 aromatic rings. The lowest BCUT2D eigenvalue weighted by Gasteiger charge is -2.40. The first-order valence-corrected chi connectivity index (χ1v) is 19.4. The summed E-state index contributed by atoms with van der Waals surface area (Å²) >= 11 is 6.47. The predicted molar refractivity (Wildman–Crippen MR) is 194 cm³/mol. The summed E-state index contributed by atoms with van der Waals surface area (Å²) in [5.41, 5.74) is 2.47. The van der Waals surface area contributed by atoms with Crippen molar-refractivity contribution in [2.24, 2.45) is 0 Å². The van der Waals surface area contributed by atoms with E-state index in [9.17, 15) is 13.2 Å². The number of ether oxygens (including phenoxy) is 1. The third kappa shape index (κ3) is 8.14. The summed E-state index contributed by atoms with van der Waals surface area (Å²) in [6.45, 7) is 13.9. The maximum atomic E-state index is 13.7. The predicted octanol–water partition coefficient (Wildman–Crippen LogP) is 6.49. The molecule has 0 spiro atoms. The van der Waals surface area contributed by atoms with Gasteiger partial charge in [-0.05, 0) is 109 Å². The molecule has 1 amide bonds. The van der Waals surface area contributed by atoms with Crippen molar-refractivity contribution >= 4 is 50.5 Å². The van der Waals surface area contributed by atoms with E-state index in [1.165, 1.54) is 51.4 Å². The lowest BCUT2D eigenvalue weighted by Crippen LogP contribution is -2.48. The molecule has 0 radical (unpaired) electrons. The number of anilines is 4. The highest BCUT2D eigenvalue weighted by atomic mass is 35.5. The number of nitrogens with one attached hydrogen (secondary N) is 2. The van der Waals surface area contributed by atoms with Crippen LogP contribution in [0.4, 0.5) is 23.1 Å². The average Bonchev–Trinajstić information content (AvgIpc) is 3.39. The Hall–Kier alpha value is -3.45. The van der Waals surface area contributed by atoms with Crippen LogP contribution in [0.25, 0.3) is 0 Å². The Bertz CT molecular complexity index is 1760. The number of hydrogen-bond acceptors (Lipinski definition) is 10. The first kappa shape index (κ1) is 35.4. The molecule has 2 N–H and O–H groups in total. The van der Waals surface area contributed by atoms with Crippen LogP contribution in [0, 0.1) is 0 Å². The molecule has 4 heterocycles. The number of benzene rings is 2. The molecule has 49 heavy (non-hydrogen) atoms. The van der Waals surface area contributed by atoms with E-state index in [-0.39, 0.29) is 33.7 Å². The van der Waals surface area contributed by atoms with E-state index in [1.54, 1.807) is 38.1 Å². The Balaban J connectivity index is 1.15. The van der Waals surface area contributed by atoms with Crippen LogP contribution in [0.2, 0.25) is 5.02 Å². The fourth-order valence-electron chi connectivity index (χ4n) is 6.92. The maximum Gasteiger partial charge on any atom is 0.254 e. The Morgan fingerprint density at radius 2 is 1.69 bits per heavy atom. The van der Waals surface area contributed by atoms with Crippen LogP contribution in [-0.2, 0) is 16.4 Å². The normalized spacial score (nSPS) is 17.9. The van der Waals surface area contributed by atoms with E-state index in [1.807, 2.05) is 30.9 Å². The van der Waals surface area contributed by atoms with Crippen LogP contribution in [0.15, 0.2) is 47.5 Å². The molecule has 3 aliphatic rings. The van der Waals surface area contributed by atoms with E-state index < -0.39 is 15.1 Å². The molecular weight excluding hydrogens is 662 g/mol. The summed E-state index contributed by atoms with van der Waals surface area (Å²) in [6, 6.07) is 11.1. The van der Waals surface area contributed by atoms with Gasteiger partial charge in [0.15, 0.2) is 15.7 Å². The summed E-state index contributed by atoms with van der Waals surface area (Å²) < 4.78 is 32.2. The molecule has 0 atom stereocenters. The number of halogens is 1. The third-order valence-electron chi connectivity index (χ3n) is 9.66. The van der Waals surface area contributed by atoms with Crippen LogP contribution in [0.1, 0.15) is 75.7 Å². The number of aromatic nitrogens is 2. The van der Waals surface area contributed by atoms with Crippen molar-refractivity contribution in [1.29, 1.82) is 0 Å². The Labute approximate surface area is 295 Å². The molecule has 0 bridgehead atoms. The molecule has 1 aromatic heterocycles. The number of amides is 1. The zero-order valence-corrected chi connectivity index (χ0v) is 30.5. The van der Waals surface area contributed by atoms with Gasteiger partial charge in [-0.3, -0.25) is 4.79 Å². The van der Waals surface area contributed by atoms with Crippen LogP contribution in [0.5, 0.6) is 5.75 Å². The number of rotatable bonds is 12. The molecule has 2 fully saturated rings. The summed E-state index contributed by atoms with van der Waals surface area (Å²) in [5.74, 6) is 1.03. The minimum absolute atomic E-state index is 0.000279. The Morgan fingerprint density at radius 1 is 0.959 bits per heavy atom. The lowest BCUT2D eigenvalue weighted by atomic mass is 10.00. The van der Waals surface area contributed by atoms with Crippen LogP contribution in [-0.4, -0.2) is 95.7 Å². The van der Waals surface area contributed by atoms with E-state index in [0.717, 1.165) is 25.2 Å². The second-order valence-corrected chi connectivity index (χ2v) is 16.7. The van der Waals surface area contributed by atoms with Gasteiger partial charge in [0.1, 0.15) is 10.8 Å². The van der Waals surface area contributed by atoms with Crippen LogP contribution >= 0.6 is 11.6 Å². The molecule has 6 rings (SSSR count). The second kappa shape index (κ2) is 15.2. The molecule has 0 aliphatic carbocycles. The van der Waals surface area contributed by atoms with Gasteiger partial charge in [0.05, 0.1) is 33.8 Å². The standard InChI is InChI=1S/C36H48ClN7O4S/c1-24(2)48-32-20-26-23-44(19-18-42-16-12-27(13-17-42)43-14-8-5-9-15-43)35(45)28(26)21-31(32)40-36-38-22-29(37)34(41-36)39-30-10-6-7-11-33(30)49(46,47)25(3)4/h6-7,10-11,20-22,24-25,27H,5,8-9,12-19,23H2,1-4H3,(H2,38,39,40,41). The summed E-state index contributed by atoms with van der Waals surface area (Å²) in [4.78, 5) is 29.9. The van der Waals surface area contributed by atoms with Gasteiger partial charge >= 0.3 is 0 Å². The molecule has 0 unspecified atom stereocenters. The highest BCUT2D eigenvalue weighted by Gasteiger charge is 2.31. The van der Waals surface area contributed by atoms with Crippen molar-refractivity contribution in [2.45, 2.75) is 88.6 Å². The number of carbonyl (C=O) groups is 1. The van der Waals surface area contributed by atoms with Gasteiger partial charge in [-0.15, -0.1) is 0 Å². The minimum Gasteiger partial charge on any atom is -0.489 e. The first-order valence-electron chi connectivity index (χ1n) is 17.5. The number of fused-ring (bicyclic) bond motifs is 1. The quantitative estimate of drug-likeness (QED) is 0.216. The Morgan fingerprint density at radius 3 is 2.41 bits per heavy atom. The van der Waals surface area contributed by atoms with Gasteiger partial charge in [-0.25, -0.2) is 13.4 Å². The van der Waals surface area contributed by atoms with Crippen molar-refractivity contribution in [3.8, 4) is 5.75 Å². The van der Waals surface area contributed by atoms with E-state index in [4.69, 9.17) is 16.3 Å². The van der Waals surface area contributed by atoms with Crippen LogP contribution in [0.3, 0.4) is 0 Å². The topological polar surface area (TPSA) is 120 Å². The Kier molecular flexibility index (Phi) is 11.0. The van der Waals surface area contributed by atoms with Crippen molar-refractivity contribution in [3.63, 3.8) is 0 Å². The number of nitrogens with zero attached hydrogens (tertiary/aromatic N) is 5. The maximum absolute atomic E-state index is 13.7. The third-order valence-corrected chi connectivity index (χ3v) is 12.1. The summed E-state index contributed by atoms with van der Waals surface area (Å²) in [6.07, 6.45) is 7.75. The largest absolute Gasteiger partial charge is 0.489 e. The van der Waals surface area contributed by atoms with Crippen molar-refractivity contribution in [3.05, 3.63) is 58.7 Å². The van der Waals surface area contributed by atoms with Crippen molar-refractivity contribution < 1.29 is 17.9 Å². The number of carbonyl (C=O) groups excluding carboxylic acids is 1. The molecule has 0 saturated carbocycles. The molecule has 2 aromatic carbocycles.